The van der Waals surface area contributed by atoms with Crippen LogP contribution in [0.2, 0.25) is 0 Å². The maximum Gasteiger partial charge on any atom is 0.0791 e. The van der Waals surface area contributed by atoms with Crippen molar-refractivity contribution < 1.29 is 9.84 Å². The Morgan fingerprint density at radius 2 is 2.16 bits per heavy atom. The number of β-amino-alcohol motifs (C(OH)–C–C–N with tert-alkyl or cyclic N) is 1. The predicted octanol–water partition coefficient (Wildman–Crippen LogP) is -0.432. The lowest BCUT2D eigenvalue weighted by Crippen LogP contribution is -2.43. The molecule has 1 aromatic rings. The lowest BCUT2D eigenvalue weighted by atomic mass is 10.3. The van der Waals surface area contributed by atoms with E-state index in [0.717, 1.165) is 37.7 Å². The molecule has 0 aromatic carbocycles. The highest BCUT2D eigenvalue weighted by molar-refractivity contribution is 5.00. The van der Waals surface area contributed by atoms with Crippen molar-refractivity contribution in [1.82, 2.24) is 20.2 Å². The maximum atomic E-state index is 9.94. The molecule has 1 aliphatic rings. The van der Waals surface area contributed by atoms with E-state index in [2.05, 4.69) is 20.2 Å². The Labute approximate surface area is 113 Å². The Hall–Kier alpha value is -1.08. The molecule has 6 nitrogen and oxygen atoms in total. The second-order valence-corrected chi connectivity index (χ2v) is 4.85. The summed E-state index contributed by atoms with van der Waals surface area (Å²) in [4.78, 5) is 10.7. The zero-order valence-corrected chi connectivity index (χ0v) is 11.4. The molecule has 6 heteroatoms. The zero-order valence-electron chi connectivity index (χ0n) is 11.4. The molecule has 2 heterocycles. The lowest BCUT2D eigenvalue weighted by molar-refractivity contribution is 0.0149. The summed E-state index contributed by atoms with van der Waals surface area (Å²) in [6, 6.07) is 0. The molecule has 19 heavy (non-hydrogen) atoms. The number of aromatic nitrogens is 2. The highest BCUT2D eigenvalue weighted by Gasteiger charge is 2.14. The summed E-state index contributed by atoms with van der Waals surface area (Å²) in [6.07, 6.45) is 3.15. The van der Waals surface area contributed by atoms with Gasteiger partial charge in [-0.2, -0.15) is 0 Å². The van der Waals surface area contributed by atoms with Crippen molar-refractivity contribution in [2.45, 2.75) is 19.6 Å². The van der Waals surface area contributed by atoms with Crippen molar-refractivity contribution >= 4 is 0 Å². The van der Waals surface area contributed by atoms with E-state index in [4.69, 9.17) is 4.74 Å². The summed E-state index contributed by atoms with van der Waals surface area (Å²) >= 11 is 0. The molecule has 0 bridgehead atoms. The highest BCUT2D eigenvalue weighted by Crippen LogP contribution is 1.99. The molecule has 0 amide bonds. The number of aryl methyl sites for hydroxylation is 1. The van der Waals surface area contributed by atoms with Crippen LogP contribution < -0.4 is 5.32 Å². The molecular weight excluding hydrogens is 244 g/mol. The summed E-state index contributed by atoms with van der Waals surface area (Å²) in [5.74, 6) is 0. The van der Waals surface area contributed by atoms with Crippen molar-refractivity contribution in [3.8, 4) is 0 Å². The smallest absolute Gasteiger partial charge is 0.0791 e. The average molecular weight is 266 g/mol. The first kappa shape index (κ1) is 14.3. The van der Waals surface area contributed by atoms with Crippen molar-refractivity contribution in [2.24, 2.45) is 0 Å². The second-order valence-electron chi connectivity index (χ2n) is 4.85. The normalized spacial score (nSPS) is 18.4. The second kappa shape index (κ2) is 7.49. The monoisotopic (exact) mass is 266 g/mol. The fraction of sp³-hybridized carbons (Fsp3) is 0.692. The molecule has 2 rings (SSSR count). The van der Waals surface area contributed by atoms with E-state index in [1.54, 1.807) is 12.4 Å². The van der Waals surface area contributed by atoms with E-state index in [1.165, 1.54) is 0 Å². The minimum atomic E-state index is -0.364. The quantitative estimate of drug-likeness (QED) is 0.728. The Morgan fingerprint density at radius 1 is 1.37 bits per heavy atom. The Balaban J connectivity index is 1.63. The molecule has 1 unspecified atom stereocenters. The number of aliphatic hydroxyl groups is 1. The van der Waals surface area contributed by atoms with Gasteiger partial charge < -0.3 is 15.2 Å². The van der Waals surface area contributed by atoms with Crippen LogP contribution in [-0.2, 0) is 11.3 Å². The van der Waals surface area contributed by atoms with Crippen molar-refractivity contribution in [3.63, 3.8) is 0 Å². The summed E-state index contributed by atoms with van der Waals surface area (Å²) in [6.45, 7) is 7.13. The van der Waals surface area contributed by atoms with Crippen LogP contribution >= 0.6 is 0 Å². The topological polar surface area (TPSA) is 70.5 Å². The number of ether oxygens (including phenoxy) is 1. The van der Waals surface area contributed by atoms with Gasteiger partial charge in [0.05, 0.1) is 30.7 Å². The first-order chi connectivity index (χ1) is 9.24. The Bertz CT molecular complexity index is 365. The van der Waals surface area contributed by atoms with Gasteiger partial charge in [-0.05, 0) is 6.92 Å². The Kier molecular flexibility index (Phi) is 5.65. The van der Waals surface area contributed by atoms with Crippen LogP contribution in [0.5, 0.6) is 0 Å². The van der Waals surface area contributed by atoms with E-state index >= 15 is 0 Å². The fourth-order valence-electron chi connectivity index (χ4n) is 2.02. The molecule has 2 N–H and O–H groups in total. The van der Waals surface area contributed by atoms with E-state index in [-0.39, 0.29) is 6.10 Å². The van der Waals surface area contributed by atoms with Gasteiger partial charge >= 0.3 is 0 Å². The molecule has 1 atom stereocenters. The van der Waals surface area contributed by atoms with E-state index < -0.39 is 0 Å². The predicted molar refractivity (Wildman–Crippen MR) is 71.7 cm³/mol. The van der Waals surface area contributed by atoms with Crippen LogP contribution in [0.25, 0.3) is 0 Å². The number of nitrogens with one attached hydrogen (secondary N) is 1. The molecule has 1 fully saturated rings. The zero-order chi connectivity index (χ0) is 13.5. The van der Waals surface area contributed by atoms with Crippen LogP contribution in [0, 0.1) is 6.92 Å². The number of aliphatic hydroxyl groups excluding tert-OH is 1. The van der Waals surface area contributed by atoms with Crippen molar-refractivity contribution in [3.05, 3.63) is 23.8 Å². The molecule has 0 aliphatic carbocycles. The average Bonchev–Trinajstić information content (AvgIpc) is 2.42. The Morgan fingerprint density at radius 3 is 2.84 bits per heavy atom. The molecule has 0 radical (unpaired) electrons. The van der Waals surface area contributed by atoms with Gasteiger partial charge in [-0.1, -0.05) is 0 Å². The first-order valence-electron chi connectivity index (χ1n) is 6.70. The number of hydrogen-bond acceptors (Lipinski definition) is 6. The third-order valence-electron chi connectivity index (χ3n) is 3.09. The number of morpholine rings is 1. The van der Waals surface area contributed by atoms with Gasteiger partial charge in [0.25, 0.3) is 0 Å². The van der Waals surface area contributed by atoms with Crippen LogP contribution in [0.15, 0.2) is 12.4 Å². The largest absolute Gasteiger partial charge is 0.390 e. The summed E-state index contributed by atoms with van der Waals surface area (Å²) in [5, 5.41) is 13.1. The van der Waals surface area contributed by atoms with Crippen molar-refractivity contribution in [1.29, 1.82) is 0 Å². The molecule has 0 saturated carbocycles. The molecule has 1 saturated heterocycles. The number of nitrogens with zero attached hydrogens (tertiary/aromatic N) is 3. The number of rotatable bonds is 6. The van der Waals surface area contributed by atoms with Gasteiger partial charge in [0.15, 0.2) is 0 Å². The van der Waals surface area contributed by atoms with E-state index in [9.17, 15) is 5.11 Å². The highest BCUT2D eigenvalue weighted by atomic mass is 16.5. The van der Waals surface area contributed by atoms with Crippen LogP contribution in [0.4, 0.5) is 0 Å². The molecule has 1 aliphatic heterocycles. The molecule has 0 spiro atoms. The van der Waals surface area contributed by atoms with Gasteiger partial charge in [-0.3, -0.25) is 14.9 Å². The molecular formula is C13H22N4O2. The third-order valence-corrected chi connectivity index (χ3v) is 3.09. The molecule has 106 valence electrons. The number of hydrogen-bond donors (Lipinski definition) is 2. The van der Waals surface area contributed by atoms with Gasteiger partial charge in [-0.15, -0.1) is 0 Å². The van der Waals surface area contributed by atoms with Crippen LogP contribution in [0.1, 0.15) is 11.4 Å². The van der Waals surface area contributed by atoms with Crippen LogP contribution in [-0.4, -0.2) is 65.5 Å². The van der Waals surface area contributed by atoms with E-state index in [1.807, 2.05) is 6.92 Å². The van der Waals surface area contributed by atoms with Gasteiger partial charge in [0, 0.05) is 45.1 Å². The first-order valence-corrected chi connectivity index (χ1v) is 6.70. The minimum absolute atomic E-state index is 0.364. The summed E-state index contributed by atoms with van der Waals surface area (Å²) in [5.41, 5.74) is 1.81. The fourth-order valence-corrected chi connectivity index (χ4v) is 2.02. The van der Waals surface area contributed by atoms with Crippen molar-refractivity contribution in [2.75, 3.05) is 39.4 Å². The third kappa shape index (κ3) is 5.20. The maximum absolute atomic E-state index is 9.94. The lowest BCUT2D eigenvalue weighted by Gasteiger charge is -2.28. The van der Waals surface area contributed by atoms with Gasteiger partial charge in [0.1, 0.15) is 0 Å². The standard InChI is InChI=1S/C13H22N4O2/c1-11-6-16-12(8-15-11)7-14-9-13(18)10-17-2-4-19-5-3-17/h6,8,13-14,18H,2-5,7,9-10H2,1H3. The summed E-state index contributed by atoms with van der Waals surface area (Å²) in [7, 11) is 0. The van der Waals surface area contributed by atoms with Gasteiger partial charge in [0.2, 0.25) is 0 Å². The molecule has 1 aromatic heterocycles. The van der Waals surface area contributed by atoms with E-state index in [0.29, 0.717) is 19.6 Å². The summed E-state index contributed by atoms with van der Waals surface area (Å²) < 4.78 is 5.28. The van der Waals surface area contributed by atoms with Gasteiger partial charge in [-0.25, -0.2) is 0 Å². The minimum Gasteiger partial charge on any atom is -0.390 e. The van der Waals surface area contributed by atoms with Crippen LogP contribution in [0.3, 0.4) is 0 Å². The SMILES string of the molecule is Cc1cnc(CNCC(O)CN2CCOCC2)cn1.